The fraction of sp³-hybridized carbons (Fsp3) is 0.231. The number of urea groups is 1. The van der Waals surface area contributed by atoms with Gasteiger partial charge in [-0.3, -0.25) is 4.79 Å². The van der Waals surface area contributed by atoms with Crippen LogP contribution in [-0.4, -0.2) is 34.5 Å². The summed E-state index contributed by atoms with van der Waals surface area (Å²) in [6, 6.07) is 7.79. The van der Waals surface area contributed by atoms with E-state index in [9.17, 15) is 18.4 Å². The first-order valence-electron chi connectivity index (χ1n) is 11.4. The molecular weight excluding hydrogens is 466 g/mol. The minimum Gasteiger partial charge on any atom is -0.351 e. The highest BCUT2D eigenvalue weighted by molar-refractivity contribution is 6.02. The van der Waals surface area contributed by atoms with Crippen molar-refractivity contribution < 1.29 is 18.4 Å². The van der Waals surface area contributed by atoms with Gasteiger partial charge in [0, 0.05) is 29.3 Å². The van der Waals surface area contributed by atoms with Crippen molar-refractivity contribution in [2.45, 2.75) is 33.4 Å². The van der Waals surface area contributed by atoms with Crippen LogP contribution in [0.2, 0.25) is 0 Å². The normalized spacial score (nSPS) is 12.7. The molecule has 186 valence electrons. The molecule has 1 aliphatic rings. The van der Waals surface area contributed by atoms with Gasteiger partial charge in [0.1, 0.15) is 17.3 Å². The molecule has 2 heterocycles. The highest BCUT2D eigenvalue weighted by Gasteiger charge is 2.34. The van der Waals surface area contributed by atoms with E-state index in [1.165, 1.54) is 6.07 Å². The molecule has 1 aliphatic heterocycles. The molecule has 3 aromatic rings. The van der Waals surface area contributed by atoms with Crippen LogP contribution in [0.25, 0.3) is 11.3 Å². The van der Waals surface area contributed by atoms with Crippen LogP contribution in [0.4, 0.5) is 31.0 Å². The van der Waals surface area contributed by atoms with Gasteiger partial charge in [0.2, 0.25) is 5.95 Å². The number of carbonyl (C=O) groups is 2. The molecule has 3 N–H and O–H groups in total. The molecule has 0 saturated carbocycles. The first-order valence-corrected chi connectivity index (χ1v) is 11.4. The molecular formula is C26H26F2N6O2. The maximum Gasteiger partial charge on any atom is 0.328 e. The SMILES string of the molecule is C=CCNc1nc(-c2cc(C(=O)NC(C)C)ccc2C)c2c(n1)N(c1c(F)cccc1F)C(=O)NC2. The average molecular weight is 493 g/mol. The van der Waals surface area contributed by atoms with Crippen LogP contribution in [-0.2, 0) is 6.54 Å². The van der Waals surface area contributed by atoms with Crippen molar-refractivity contribution in [2.75, 3.05) is 16.8 Å². The summed E-state index contributed by atoms with van der Waals surface area (Å²) in [5.74, 6) is -1.90. The van der Waals surface area contributed by atoms with E-state index in [1.807, 2.05) is 20.8 Å². The smallest absolute Gasteiger partial charge is 0.328 e. The third-order valence-electron chi connectivity index (χ3n) is 5.56. The van der Waals surface area contributed by atoms with Crippen LogP contribution in [0.1, 0.15) is 35.3 Å². The number of aryl methyl sites for hydroxylation is 1. The van der Waals surface area contributed by atoms with Crippen molar-refractivity contribution in [2.24, 2.45) is 0 Å². The van der Waals surface area contributed by atoms with E-state index in [1.54, 1.807) is 24.3 Å². The van der Waals surface area contributed by atoms with Crippen LogP contribution >= 0.6 is 0 Å². The predicted octanol–water partition coefficient (Wildman–Crippen LogP) is 4.83. The Morgan fingerprint density at radius 2 is 1.94 bits per heavy atom. The second kappa shape index (κ2) is 10.1. The van der Waals surface area contributed by atoms with Crippen molar-refractivity contribution in [1.82, 2.24) is 20.6 Å². The molecule has 0 unspecified atom stereocenters. The molecule has 3 amide bonds. The Hall–Kier alpha value is -4.34. The van der Waals surface area contributed by atoms with Gasteiger partial charge in [-0.15, -0.1) is 6.58 Å². The van der Waals surface area contributed by atoms with E-state index in [4.69, 9.17) is 0 Å². The monoisotopic (exact) mass is 492 g/mol. The first kappa shape index (κ1) is 24.8. The molecule has 36 heavy (non-hydrogen) atoms. The molecule has 0 bridgehead atoms. The number of hydrogen-bond donors (Lipinski definition) is 3. The average Bonchev–Trinajstić information content (AvgIpc) is 2.83. The lowest BCUT2D eigenvalue weighted by Gasteiger charge is -2.31. The van der Waals surface area contributed by atoms with Crippen molar-refractivity contribution >= 4 is 29.4 Å². The largest absolute Gasteiger partial charge is 0.351 e. The Morgan fingerprint density at radius 1 is 1.22 bits per heavy atom. The summed E-state index contributed by atoms with van der Waals surface area (Å²) >= 11 is 0. The number of rotatable bonds is 7. The van der Waals surface area contributed by atoms with Gasteiger partial charge in [-0.1, -0.05) is 18.2 Å². The summed E-state index contributed by atoms with van der Waals surface area (Å²) < 4.78 is 29.5. The molecule has 0 atom stereocenters. The van der Waals surface area contributed by atoms with Gasteiger partial charge >= 0.3 is 6.03 Å². The van der Waals surface area contributed by atoms with E-state index >= 15 is 0 Å². The molecule has 0 saturated heterocycles. The fourth-order valence-electron chi connectivity index (χ4n) is 3.90. The minimum atomic E-state index is -0.915. The van der Waals surface area contributed by atoms with Gasteiger partial charge in [-0.25, -0.2) is 23.5 Å². The predicted molar refractivity (Wildman–Crippen MR) is 134 cm³/mol. The summed E-state index contributed by atoms with van der Waals surface area (Å²) in [5, 5.41) is 8.50. The molecule has 10 heteroatoms. The van der Waals surface area contributed by atoms with Crippen LogP contribution in [0.5, 0.6) is 0 Å². The maximum absolute atomic E-state index is 14.8. The van der Waals surface area contributed by atoms with Gasteiger partial charge in [0.25, 0.3) is 5.91 Å². The quantitative estimate of drug-likeness (QED) is 0.411. The number of hydrogen-bond acceptors (Lipinski definition) is 5. The third-order valence-corrected chi connectivity index (χ3v) is 5.56. The Bertz CT molecular complexity index is 1340. The van der Waals surface area contributed by atoms with Crippen molar-refractivity contribution in [3.63, 3.8) is 0 Å². The Labute approximate surface area is 207 Å². The summed E-state index contributed by atoms with van der Waals surface area (Å²) in [4.78, 5) is 35.5. The Morgan fingerprint density at radius 3 is 2.61 bits per heavy atom. The number of amides is 3. The van der Waals surface area contributed by atoms with Crippen LogP contribution in [0.3, 0.4) is 0 Å². The summed E-state index contributed by atoms with van der Waals surface area (Å²) in [6.07, 6.45) is 1.60. The molecule has 0 fully saturated rings. The summed E-state index contributed by atoms with van der Waals surface area (Å²) in [6.45, 7) is 9.61. The fourth-order valence-corrected chi connectivity index (χ4v) is 3.90. The number of anilines is 3. The van der Waals surface area contributed by atoms with Crippen LogP contribution < -0.4 is 20.9 Å². The standard InChI is InChI=1S/C26H26F2N6O2/c1-5-11-29-25-32-21(17-12-16(10-9-15(17)4)24(35)31-14(2)3)18-13-30-26(36)34(23(18)33-25)22-19(27)7-6-8-20(22)28/h5-10,12,14H,1,11,13H2,2-4H3,(H,30,36)(H,31,35)(H,29,32,33). The second-order valence-electron chi connectivity index (χ2n) is 8.59. The lowest BCUT2D eigenvalue weighted by atomic mass is 9.97. The third kappa shape index (κ3) is 4.74. The molecule has 0 spiro atoms. The van der Waals surface area contributed by atoms with E-state index < -0.39 is 23.4 Å². The Kier molecular flexibility index (Phi) is 6.96. The molecule has 4 rings (SSSR count). The highest BCUT2D eigenvalue weighted by atomic mass is 19.1. The second-order valence-corrected chi connectivity index (χ2v) is 8.59. The van der Waals surface area contributed by atoms with Gasteiger partial charge < -0.3 is 16.0 Å². The van der Waals surface area contributed by atoms with Crippen molar-refractivity contribution in [3.05, 3.63) is 77.4 Å². The molecule has 2 aromatic carbocycles. The number of nitrogens with one attached hydrogen (secondary N) is 3. The van der Waals surface area contributed by atoms with E-state index in [-0.39, 0.29) is 30.3 Å². The minimum absolute atomic E-state index is 0.0274. The van der Waals surface area contributed by atoms with E-state index in [0.29, 0.717) is 28.9 Å². The van der Waals surface area contributed by atoms with Crippen molar-refractivity contribution in [3.8, 4) is 11.3 Å². The number of fused-ring (bicyclic) bond motifs is 1. The van der Waals surface area contributed by atoms with Gasteiger partial charge in [0.15, 0.2) is 5.82 Å². The van der Waals surface area contributed by atoms with E-state index in [0.717, 1.165) is 22.6 Å². The molecule has 0 aliphatic carbocycles. The maximum atomic E-state index is 14.8. The number of nitrogens with zero attached hydrogens (tertiary/aromatic N) is 3. The molecule has 1 aromatic heterocycles. The number of para-hydroxylation sites is 1. The Balaban J connectivity index is 1.95. The molecule has 8 nitrogen and oxygen atoms in total. The lowest BCUT2D eigenvalue weighted by Crippen LogP contribution is -2.43. The number of benzene rings is 2. The highest BCUT2D eigenvalue weighted by Crippen LogP contribution is 2.39. The summed E-state index contributed by atoms with van der Waals surface area (Å²) in [7, 11) is 0. The van der Waals surface area contributed by atoms with Gasteiger partial charge in [-0.2, -0.15) is 4.98 Å². The zero-order chi connectivity index (χ0) is 26.0. The van der Waals surface area contributed by atoms with Crippen LogP contribution in [0, 0.1) is 18.6 Å². The van der Waals surface area contributed by atoms with Crippen LogP contribution in [0.15, 0.2) is 49.1 Å². The van der Waals surface area contributed by atoms with Gasteiger partial charge in [0.05, 0.1) is 12.2 Å². The van der Waals surface area contributed by atoms with E-state index in [2.05, 4.69) is 32.5 Å². The first-order chi connectivity index (χ1) is 17.2. The molecule has 0 radical (unpaired) electrons. The topological polar surface area (TPSA) is 99.2 Å². The van der Waals surface area contributed by atoms with Gasteiger partial charge in [-0.05, 0) is 50.6 Å². The summed E-state index contributed by atoms with van der Waals surface area (Å²) in [5.41, 5.74) is 2.19. The zero-order valence-electron chi connectivity index (χ0n) is 20.2. The number of aromatic nitrogens is 2. The number of halogens is 2. The lowest BCUT2D eigenvalue weighted by molar-refractivity contribution is 0.0943. The zero-order valence-corrected chi connectivity index (χ0v) is 20.2. The van der Waals surface area contributed by atoms with Crippen molar-refractivity contribution in [1.29, 1.82) is 0 Å². The number of carbonyl (C=O) groups excluding carboxylic acids is 2.